The average molecular weight is 160 g/mol. The molecule has 10 heavy (non-hydrogen) atoms. The largest absolute Gasteiger partial charge is 1.00 e. The molecule has 0 spiro atoms. The number of nitrogens with one attached hydrogen (secondary N) is 1. The zero-order valence-corrected chi connectivity index (χ0v) is 7.28. The molecule has 0 saturated heterocycles. The van der Waals surface area contributed by atoms with Gasteiger partial charge in [-0.25, -0.2) is 0 Å². The maximum Gasteiger partial charge on any atom is 0.102 e. The van der Waals surface area contributed by atoms with E-state index >= 15 is 0 Å². The highest BCUT2D eigenvalue weighted by Gasteiger charge is 2.03. The molecule has 1 aliphatic heterocycles. The Morgan fingerprint density at radius 2 is 2.20 bits per heavy atom. The third kappa shape index (κ3) is 2.54. The molecular formula is C8H14ClN. The lowest BCUT2D eigenvalue weighted by Gasteiger charge is -1.93. The molecule has 1 unspecified atom stereocenters. The summed E-state index contributed by atoms with van der Waals surface area (Å²) in [5.41, 5.74) is 1.48. The van der Waals surface area contributed by atoms with Gasteiger partial charge in [0.25, 0.3) is 0 Å². The molecule has 1 rings (SSSR count). The zero-order chi connectivity index (χ0) is 6.69. The molecule has 58 valence electrons. The first-order chi connectivity index (χ1) is 4.33. The van der Waals surface area contributed by atoms with Crippen molar-refractivity contribution in [3.8, 4) is 0 Å². The van der Waals surface area contributed by atoms with E-state index in [1.165, 1.54) is 23.3 Å². The van der Waals surface area contributed by atoms with E-state index in [0.717, 1.165) is 0 Å². The lowest BCUT2D eigenvalue weighted by atomic mass is 10.2. The van der Waals surface area contributed by atoms with Gasteiger partial charge < -0.3 is 12.4 Å². The maximum atomic E-state index is 2.25. The van der Waals surface area contributed by atoms with Crippen LogP contribution in [0.25, 0.3) is 0 Å². The zero-order valence-electron chi connectivity index (χ0n) is 6.52. The van der Waals surface area contributed by atoms with Gasteiger partial charge in [0, 0.05) is 11.6 Å². The van der Waals surface area contributed by atoms with Crippen LogP contribution in [0.1, 0.15) is 19.8 Å². The van der Waals surface area contributed by atoms with Gasteiger partial charge in [0.15, 0.2) is 0 Å². The highest BCUT2D eigenvalue weighted by molar-refractivity contribution is 5.17. The van der Waals surface area contributed by atoms with Crippen molar-refractivity contribution in [3.05, 3.63) is 24.0 Å². The van der Waals surface area contributed by atoms with E-state index in [9.17, 15) is 0 Å². The van der Waals surface area contributed by atoms with Crippen molar-refractivity contribution in [1.29, 1.82) is 0 Å². The third-order valence-corrected chi connectivity index (χ3v) is 1.51. The fraction of sp³-hybridized carbons (Fsp3) is 0.500. The Morgan fingerprint density at radius 3 is 2.60 bits per heavy atom. The molecule has 0 aromatic heterocycles. The van der Waals surface area contributed by atoms with Crippen molar-refractivity contribution in [2.24, 2.45) is 0 Å². The summed E-state index contributed by atoms with van der Waals surface area (Å²) in [7, 11) is 2.14. The topological polar surface area (TPSA) is 4.44 Å². The quantitative estimate of drug-likeness (QED) is 0.463. The molecule has 0 radical (unpaired) electrons. The van der Waals surface area contributed by atoms with Gasteiger partial charge in [-0.3, -0.25) is 4.90 Å². The van der Waals surface area contributed by atoms with Gasteiger partial charge in [0.2, 0.25) is 0 Å². The van der Waals surface area contributed by atoms with Crippen LogP contribution in [0.4, 0.5) is 0 Å². The molecule has 1 nitrogen and oxygen atoms in total. The van der Waals surface area contributed by atoms with Crippen molar-refractivity contribution >= 4 is 0 Å². The molecule has 1 atom stereocenters. The number of hydrogen-bond donors (Lipinski definition) is 1. The first-order valence-corrected chi connectivity index (χ1v) is 3.55. The average Bonchev–Trinajstić information content (AvgIpc) is 2.17. The van der Waals surface area contributed by atoms with Gasteiger partial charge >= 0.3 is 0 Å². The highest BCUT2D eigenvalue weighted by atomic mass is 35.5. The summed E-state index contributed by atoms with van der Waals surface area (Å²) in [6, 6.07) is 0. The van der Waals surface area contributed by atoms with Crippen LogP contribution in [0.5, 0.6) is 0 Å². The van der Waals surface area contributed by atoms with E-state index < -0.39 is 0 Å². The van der Waals surface area contributed by atoms with Gasteiger partial charge in [-0.05, 0) is 6.42 Å². The molecule has 0 amide bonds. The molecule has 0 saturated carbocycles. The number of quaternary nitrogens is 1. The molecule has 1 heterocycles. The van der Waals surface area contributed by atoms with E-state index in [1.807, 2.05) is 0 Å². The summed E-state index contributed by atoms with van der Waals surface area (Å²) >= 11 is 0. The van der Waals surface area contributed by atoms with Gasteiger partial charge in [0.1, 0.15) is 6.20 Å². The second-order valence-corrected chi connectivity index (χ2v) is 2.55. The molecule has 0 aromatic carbocycles. The fourth-order valence-corrected chi connectivity index (χ4v) is 1.07. The van der Waals surface area contributed by atoms with Crippen LogP contribution in [0.3, 0.4) is 0 Å². The predicted octanol–water partition coefficient (Wildman–Crippen LogP) is -2.28. The van der Waals surface area contributed by atoms with E-state index in [4.69, 9.17) is 0 Å². The lowest BCUT2D eigenvalue weighted by molar-refractivity contribution is -0.763. The van der Waals surface area contributed by atoms with Crippen molar-refractivity contribution in [2.45, 2.75) is 19.8 Å². The summed E-state index contributed by atoms with van der Waals surface area (Å²) in [5, 5.41) is 0. The molecular weight excluding hydrogens is 146 g/mol. The van der Waals surface area contributed by atoms with Crippen LogP contribution in [-0.2, 0) is 0 Å². The van der Waals surface area contributed by atoms with Crippen molar-refractivity contribution in [2.75, 3.05) is 7.05 Å². The Morgan fingerprint density at radius 1 is 1.50 bits per heavy atom. The monoisotopic (exact) mass is 159 g/mol. The van der Waals surface area contributed by atoms with Crippen molar-refractivity contribution < 1.29 is 17.3 Å². The summed E-state index contributed by atoms with van der Waals surface area (Å²) in [6.07, 6.45) is 9.12. The molecule has 0 aromatic rings. The Hall–Kier alpha value is -0.270. The SMILES string of the molecule is CCCC1=C[NH+](C)C=C1.[Cl-]. The van der Waals surface area contributed by atoms with E-state index in [0.29, 0.717) is 0 Å². The van der Waals surface area contributed by atoms with Crippen LogP contribution in [0, 0.1) is 0 Å². The molecule has 0 bridgehead atoms. The molecule has 0 aliphatic carbocycles. The fourth-order valence-electron chi connectivity index (χ4n) is 1.07. The lowest BCUT2D eigenvalue weighted by Crippen LogP contribution is -3.00. The minimum atomic E-state index is 0. The second-order valence-electron chi connectivity index (χ2n) is 2.55. The van der Waals surface area contributed by atoms with Crippen molar-refractivity contribution in [1.82, 2.24) is 0 Å². The predicted molar refractivity (Wildman–Crippen MR) is 39.0 cm³/mol. The number of halogens is 1. The molecule has 1 N–H and O–H groups in total. The minimum absolute atomic E-state index is 0. The van der Waals surface area contributed by atoms with Gasteiger partial charge in [-0.1, -0.05) is 13.3 Å². The normalized spacial score (nSPS) is 22.2. The van der Waals surface area contributed by atoms with Gasteiger partial charge in [0.05, 0.1) is 13.2 Å². The Labute approximate surface area is 68.8 Å². The van der Waals surface area contributed by atoms with E-state index in [1.54, 1.807) is 0 Å². The number of hydrogen-bond acceptors (Lipinski definition) is 0. The van der Waals surface area contributed by atoms with E-state index in [-0.39, 0.29) is 12.4 Å². The molecule has 2 heteroatoms. The van der Waals surface area contributed by atoms with E-state index in [2.05, 4.69) is 32.4 Å². The summed E-state index contributed by atoms with van der Waals surface area (Å²) in [6.45, 7) is 2.21. The molecule has 1 aliphatic rings. The van der Waals surface area contributed by atoms with Crippen LogP contribution < -0.4 is 17.3 Å². The smallest absolute Gasteiger partial charge is 0.102 e. The van der Waals surface area contributed by atoms with Crippen LogP contribution in [0.15, 0.2) is 24.0 Å². The Balaban J connectivity index is 0.000000810. The third-order valence-electron chi connectivity index (χ3n) is 1.51. The van der Waals surface area contributed by atoms with Crippen molar-refractivity contribution in [3.63, 3.8) is 0 Å². The summed E-state index contributed by atoms with van der Waals surface area (Å²) in [5.74, 6) is 0. The molecule has 0 fully saturated rings. The Bertz CT molecular complexity index is 149. The first-order valence-electron chi connectivity index (χ1n) is 3.55. The minimum Gasteiger partial charge on any atom is -1.00 e. The second kappa shape index (κ2) is 4.53. The van der Waals surface area contributed by atoms with Crippen LogP contribution in [0.2, 0.25) is 0 Å². The summed E-state index contributed by atoms with van der Waals surface area (Å²) in [4.78, 5) is 1.39. The standard InChI is InChI=1S/C8H13N.ClH/c1-3-4-8-5-6-9(2)7-8;/h5-7H,3-4H2,1-2H3;1H. The number of allylic oxidation sites excluding steroid dienone is 2. The van der Waals surface area contributed by atoms with Crippen LogP contribution >= 0.6 is 0 Å². The maximum absolute atomic E-state index is 2.25. The summed E-state index contributed by atoms with van der Waals surface area (Å²) < 4.78 is 0. The Kier molecular flexibility index (Phi) is 4.41. The number of rotatable bonds is 2. The highest BCUT2D eigenvalue weighted by Crippen LogP contribution is 2.05. The first kappa shape index (κ1) is 9.73. The van der Waals surface area contributed by atoms with Gasteiger partial charge in [-0.2, -0.15) is 0 Å². The van der Waals surface area contributed by atoms with Crippen LogP contribution in [-0.4, -0.2) is 7.05 Å². The van der Waals surface area contributed by atoms with Gasteiger partial charge in [-0.15, -0.1) is 0 Å².